The maximum atomic E-state index is 12.8. The van der Waals surface area contributed by atoms with Gasteiger partial charge < -0.3 is 4.90 Å². The van der Waals surface area contributed by atoms with Gasteiger partial charge in [-0.2, -0.15) is 5.10 Å². The Balaban J connectivity index is 2.67. The van der Waals surface area contributed by atoms with Crippen LogP contribution in [0.15, 0.2) is 70.5 Å². The minimum Gasteiger partial charge on any atom is -0.334 e. The van der Waals surface area contributed by atoms with Gasteiger partial charge in [0, 0.05) is 12.7 Å². The van der Waals surface area contributed by atoms with Crippen molar-refractivity contribution in [1.82, 2.24) is 4.90 Å². The van der Waals surface area contributed by atoms with Gasteiger partial charge in [-0.1, -0.05) is 30.4 Å². The van der Waals surface area contributed by atoms with Crippen LogP contribution in [0.25, 0.3) is 0 Å². The number of allylic oxidation sites excluding steroid dienone is 4. The second-order valence-corrected chi connectivity index (χ2v) is 4.72. The quantitative estimate of drug-likeness (QED) is 0.239. The topological polar surface area (TPSA) is 28.0 Å². The average molecular weight is 299 g/mol. The molecule has 0 bridgehead atoms. The molecule has 0 aliphatic carbocycles. The van der Waals surface area contributed by atoms with Crippen molar-refractivity contribution in [2.24, 2.45) is 10.2 Å². The van der Waals surface area contributed by atoms with Gasteiger partial charge in [0.25, 0.3) is 0 Å². The predicted octanol–water partition coefficient (Wildman–Crippen LogP) is 4.55. The third kappa shape index (κ3) is 5.87. The molecule has 1 aromatic carbocycles. The van der Waals surface area contributed by atoms with Crippen molar-refractivity contribution in [3.63, 3.8) is 0 Å². The zero-order valence-corrected chi connectivity index (χ0v) is 13.3. The molecular weight excluding hydrogens is 277 g/mol. The number of nitrogens with zero attached hydrogens (tertiary/aromatic N) is 3. The van der Waals surface area contributed by atoms with Crippen molar-refractivity contribution >= 4 is 12.6 Å². The van der Waals surface area contributed by atoms with Gasteiger partial charge in [0.2, 0.25) is 0 Å². The van der Waals surface area contributed by atoms with E-state index in [-0.39, 0.29) is 5.82 Å². The van der Waals surface area contributed by atoms with Crippen LogP contribution in [-0.4, -0.2) is 24.5 Å². The summed E-state index contributed by atoms with van der Waals surface area (Å²) in [7, 11) is 1.91. The van der Waals surface area contributed by atoms with Crippen LogP contribution in [0.4, 0.5) is 4.39 Å². The normalized spacial score (nSPS) is 13.1. The van der Waals surface area contributed by atoms with E-state index in [9.17, 15) is 4.39 Å². The van der Waals surface area contributed by atoms with E-state index in [2.05, 4.69) is 22.9 Å². The summed E-state index contributed by atoms with van der Waals surface area (Å²) in [6.45, 7) is 7.74. The van der Waals surface area contributed by atoms with Crippen LogP contribution in [0, 0.1) is 5.82 Å². The number of hydrogen-bond donors (Lipinski definition) is 0. The lowest BCUT2D eigenvalue weighted by Crippen LogP contribution is -2.16. The first-order chi connectivity index (χ1) is 10.6. The Bertz CT molecular complexity index is 595. The Morgan fingerprint density at radius 3 is 2.55 bits per heavy atom. The predicted molar refractivity (Wildman–Crippen MR) is 92.6 cm³/mol. The molecule has 0 amide bonds. The second-order valence-electron chi connectivity index (χ2n) is 4.72. The van der Waals surface area contributed by atoms with E-state index in [1.165, 1.54) is 12.1 Å². The van der Waals surface area contributed by atoms with E-state index in [1.54, 1.807) is 24.7 Å². The summed E-state index contributed by atoms with van der Waals surface area (Å²) in [4.78, 5) is 1.90. The molecule has 4 heteroatoms. The highest BCUT2D eigenvalue weighted by atomic mass is 19.1. The third-order valence-electron chi connectivity index (χ3n) is 3.02. The standard InChI is InChI=1S/C18H22FN3/c1-5-7-8-15(3)18(6-2)22(4)14-21-20-13-16-9-11-17(19)12-10-16/h5-6,8-14H,1,7H2,2-4H3/b15-8-,18-6+,20-13+,21-14-. The number of hydrogen-bond acceptors (Lipinski definition) is 2. The largest absolute Gasteiger partial charge is 0.334 e. The van der Waals surface area contributed by atoms with Gasteiger partial charge in [-0.3, -0.25) is 0 Å². The molecule has 116 valence electrons. The highest BCUT2D eigenvalue weighted by Crippen LogP contribution is 2.12. The van der Waals surface area contributed by atoms with Crippen molar-refractivity contribution in [1.29, 1.82) is 0 Å². The van der Waals surface area contributed by atoms with Crippen molar-refractivity contribution in [3.8, 4) is 0 Å². The molecule has 0 aromatic heterocycles. The zero-order valence-electron chi connectivity index (χ0n) is 13.3. The fourth-order valence-corrected chi connectivity index (χ4v) is 1.89. The smallest absolute Gasteiger partial charge is 0.123 e. The Labute approximate surface area is 131 Å². The maximum Gasteiger partial charge on any atom is 0.123 e. The minimum atomic E-state index is -0.264. The van der Waals surface area contributed by atoms with E-state index in [0.717, 1.165) is 23.3 Å². The van der Waals surface area contributed by atoms with Crippen LogP contribution < -0.4 is 0 Å². The summed E-state index contributed by atoms with van der Waals surface area (Å²) in [5, 5.41) is 7.98. The monoisotopic (exact) mass is 299 g/mol. The summed E-state index contributed by atoms with van der Waals surface area (Å²) in [5.74, 6) is -0.264. The number of benzene rings is 1. The van der Waals surface area contributed by atoms with Crippen molar-refractivity contribution in [2.45, 2.75) is 20.3 Å². The second kappa shape index (κ2) is 9.45. The Kier molecular flexibility index (Phi) is 7.54. The van der Waals surface area contributed by atoms with Crippen LogP contribution in [0.1, 0.15) is 25.8 Å². The molecule has 0 N–H and O–H groups in total. The lowest BCUT2D eigenvalue weighted by atomic mass is 10.1. The number of halogens is 1. The summed E-state index contributed by atoms with van der Waals surface area (Å²) in [5.41, 5.74) is 3.01. The number of rotatable bonds is 7. The first-order valence-corrected chi connectivity index (χ1v) is 7.07. The molecule has 1 rings (SSSR count). The molecule has 3 nitrogen and oxygen atoms in total. The number of likely N-dealkylation sites (N-methyl/N-ethyl adjacent to an activating group) is 1. The molecule has 0 aliphatic rings. The lowest BCUT2D eigenvalue weighted by molar-refractivity contribution is 0.628. The minimum absolute atomic E-state index is 0.264. The highest BCUT2D eigenvalue weighted by Gasteiger charge is 2.02. The van der Waals surface area contributed by atoms with E-state index < -0.39 is 0 Å². The Morgan fingerprint density at radius 2 is 1.95 bits per heavy atom. The van der Waals surface area contributed by atoms with Crippen molar-refractivity contribution < 1.29 is 4.39 Å². The van der Waals surface area contributed by atoms with Crippen molar-refractivity contribution in [3.05, 3.63) is 71.7 Å². The van der Waals surface area contributed by atoms with E-state index in [0.29, 0.717) is 0 Å². The van der Waals surface area contributed by atoms with E-state index in [4.69, 9.17) is 0 Å². The van der Waals surface area contributed by atoms with Gasteiger partial charge in [-0.15, -0.1) is 11.7 Å². The first kappa shape index (κ1) is 17.6. The zero-order chi connectivity index (χ0) is 16.4. The van der Waals surface area contributed by atoms with Crippen LogP contribution in [-0.2, 0) is 0 Å². The van der Waals surface area contributed by atoms with Crippen LogP contribution >= 0.6 is 0 Å². The third-order valence-corrected chi connectivity index (χ3v) is 3.02. The SMILES string of the molecule is C=CC/C=C(C)\C(=C/C)N(C)/C=N\N=C\c1ccc(F)cc1. The van der Waals surface area contributed by atoms with Crippen molar-refractivity contribution in [2.75, 3.05) is 7.05 Å². The van der Waals surface area contributed by atoms with Gasteiger partial charge in [-0.05, 0) is 43.5 Å². The molecule has 22 heavy (non-hydrogen) atoms. The molecule has 0 unspecified atom stereocenters. The van der Waals surface area contributed by atoms with Gasteiger partial charge in [0.15, 0.2) is 0 Å². The molecule has 0 spiro atoms. The van der Waals surface area contributed by atoms with Gasteiger partial charge in [-0.25, -0.2) is 4.39 Å². The van der Waals surface area contributed by atoms with Gasteiger partial charge in [0.05, 0.1) is 6.21 Å². The molecule has 0 heterocycles. The molecule has 0 fully saturated rings. The average Bonchev–Trinajstić information content (AvgIpc) is 2.52. The molecule has 1 aromatic rings. The summed E-state index contributed by atoms with van der Waals surface area (Å²) in [6, 6.07) is 6.08. The summed E-state index contributed by atoms with van der Waals surface area (Å²) in [6.07, 6.45) is 10.0. The van der Waals surface area contributed by atoms with Crippen LogP contribution in [0.3, 0.4) is 0 Å². The molecule has 0 radical (unpaired) electrons. The van der Waals surface area contributed by atoms with Crippen LogP contribution in [0.5, 0.6) is 0 Å². The van der Waals surface area contributed by atoms with E-state index in [1.807, 2.05) is 37.9 Å². The molecule has 0 aliphatic heterocycles. The maximum absolute atomic E-state index is 12.8. The fraction of sp³-hybridized carbons (Fsp3) is 0.222. The first-order valence-electron chi connectivity index (χ1n) is 7.07. The van der Waals surface area contributed by atoms with E-state index >= 15 is 0 Å². The Morgan fingerprint density at radius 1 is 1.27 bits per heavy atom. The molecule has 0 atom stereocenters. The molecule has 0 saturated carbocycles. The Hall–Kier alpha value is -2.49. The summed E-state index contributed by atoms with van der Waals surface area (Å²) < 4.78 is 12.8. The summed E-state index contributed by atoms with van der Waals surface area (Å²) >= 11 is 0. The van der Waals surface area contributed by atoms with Crippen LogP contribution in [0.2, 0.25) is 0 Å². The van der Waals surface area contributed by atoms with Gasteiger partial charge in [0.1, 0.15) is 12.2 Å². The molecule has 0 saturated heterocycles. The molecular formula is C18H22FN3. The van der Waals surface area contributed by atoms with Gasteiger partial charge >= 0.3 is 0 Å². The lowest BCUT2D eigenvalue weighted by Gasteiger charge is -2.17. The fourth-order valence-electron chi connectivity index (χ4n) is 1.89. The highest BCUT2D eigenvalue weighted by molar-refractivity contribution is 5.79.